The maximum atomic E-state index is 13.0. The van der Waals surface area contributed by atoms with Crippen LogP contribution in [0.25, 0.3) is 0 Å². The highest BCUT2D eigenvalue weighted by atomic mass is 32.2. The van der Waals surface area contributed by atoms with E-state index in [0.717, 1.165) is 30.6 Å². The second-order valence-electron chi connectivity index (χ2n) is 6.72. The average molecular weight is 391 g/mol. The van der Waals surface area contributed by atoms with Crippen molar-refractivity contribution < 1.29 is 19.0 Å². The Hall–Kier alpha value is -1.56. The Labute approximate surface area is 167 Å². The highest BCUT2D eigenvalue weighted by Gasteiger charge is 2.34. The van der Waals surface area contributed by atoms with Crippen molar-refractivity contribution in [2.24, 2.45) is 0 Å². The lowest BCUT2D eigenvalue weighted by molar-refractivity contribution is -0.146. The molecule has 5 heteroatoms. The van der Waals surface area contributed by atoms with Gasteiger partial charge < -0.3 is 14.2 Å². The zero-order valence-electron chi connectivity index (χ0n) is 16.5. The average Bonchev–Trinajstić information content (AvgIpc) is 2.71. The maximum Gasteiger partial charge on any atom is 0.326 e. The first-order valence-corrected chi connectivity index (χ1v) is 10.3. The summed E-state index contributed by atoms with van der Waals surface area (Å²) in [5.41, 5.74) is 2.19. The minimum atomic E-state index is -0.738. The third-order valence-electron chi connectivity index (χ3n) is 4.53. The number of carbonyl (C=O) groups excluding carboxylic acids is 1. The fourth-order valence-corrected chi connectivity index (χ4v) is 4.09. The summed E-state index contributed by atoms with van der Waals surface area (Å²) in [5.74, 6) is 0.519. The van der Waals surface area contributed by atoms with Gasteiger partial charge in [-0.2, -0.15) is 0 Å². The van der Waals surface area contributed by atoms with E-state index in [-0.39, 0.29) is 18.9 Å². The fraction of sp³-hybridized carbons (Fsp3) is 0.500. The molecular weight excluding hydrogens is 360 g/mol. The molecule has 148 valence electrons. The summed E-state index contributed by atoms with van der Waals surface area (Å²) >= 11 is 1.58. The number of rotatable bonds is 10. The molecule has 0 aliphatic heterocycles. The molecule has 1 atom stereocenters. The fourth-order valence-electron chi connectivity index (χ4n) is 2.94. The van der Waals surface area contributed by atoms with E-state index in [1.165, 1.54) is 5.57 Å². The van der Waals surface area contributed by atoms with Crippen LogP contribution in [0.4, 0.5) is 0 Å². The Morgan fingerprint density at radius 1 is 1.26 bits per heavy atom. The van der Waals surface area contributed by atoms with E-state index in [2.05, 4.69) is 18.2 Å². The Balaban J connectivity index is 2.06. The first-order chi connectivity index (χ1) is 13.1. The smallest absolute Gasteiger partial charge is 0.326 e. The van der Waals surface area contributed by atoms with Crippen molar-refractivity contribution in [3.05, 3.63) is 59.7 Å². The molecule has 0 amide bonds. The molecule has 0 aromatic heterocycles. The van der Waals surface area contributed by atoms with Crippen LogP contribution in [-0.2, 0) is 25.6 Å². The SMILES string of the molecule is COC(CCS[C@](C)(/C=C1/C=CCCC1)C(=O)OCc1ccccc1)OC. The number of ether oxygens (including phenoxy) is 3. The van der Waals surface area contributed by atoms with Crippen LogP contribution in [0.15, 0.2) is 54.1 Å². The van der Waals surface area contributed by atoms with Crippen molar-refractivity contribution in [1.29, 1.82) is 0 Å². The molecule has 0 heterocycles. The zero-order chi connectivity index (χ0) is 19.5. The van der Waals surface area contributed by atoms with Gasteiger partial charge in [0.15, 0.2) is 6.29 Å². The second kappa shape index (κ2) is 11.3. The normalized spacial score (nSPS) is 17.9. The molecule has 0 radical (unpaired) electrons. The van der Waals surface area contributed by atoms with Crippen LogP contribution in [0.1, 0.15) is 38.2 Å². The summed E-state index contributed by atoms with van der Waals surface area (Å²) < 4.78 is 15.4. The Morgan fingerprint density at radius 3 is 2.63 bits per heavy atom. The van der Waals surface area contributed by atoms with Gasteiger partial charge in [0.2, 0.25) is 0 Å². The van der Waals surface area contributed by atoms with Crippen molar-refractivity contribution in [2.75, 3.05) is 20.0 Å². The predicted octanol–water partition coefficient (Wildman–Crippen LogP) is 4.90. The van der Waals surface area contributed by atoms with E-state index < -0.39 is 4.75 Å². The lowest BCUT2D eigenvalue weighted by Crippen LogP contribution is -2.33. The maximum absolute atomic E-state index is 13.0. The number of carbonyl (C=O) groups is 1. The molecule has 1 aromatic rings. The molecule has 27 heavy (non-hydrogen) atoms. The van der Waals surface area contributed by atoms with Crippen LogP contribution < -0.4 is 0 Å². The molecule has 0 saturated carbocycles. The lowest BCUT2D eigenvalue weighted by atomic mass is 9.98. The molecule has 0 N–H and O–H groups in total. The summed E-state index contributed by atoms with van der Waals surface area (Å²) in [6.07, 6.45) is 10.0. The lowest BCUT2D eigenvalue weighted by Gasteiger charge is -2.26. The van der Waals surface area contributed by atoms with Crippen molar-refractivity contribution in [2.45, 2.75) is 50.3 Å². The van der Waals surface area contributed by atoms with Crippen LogP contribution in [0.5, 0.6) is 0 Å². The zero-order valence-corrected chi connectivity index (χ0v) is 17.3. The minimum absolute atomic E-state index is 0.214. The van der Waals surface area contributed by atoms with Crippen LogP contribution in [0.2, 0.25) is 0 Å². The third-order valence-corrected chi connectivity index (χ3v) is 5.85. The van der Waals surface area contributed by atoms with E-state index in [1.807, 2.05) is 37.3 Å². The first kappa shape index (κ1) is 21.7. The van der Waals surface area contributed by atoms with Gasteiger partial charge in [-0.15, -0.1) is 11.8 Å². The van der Waals surface area contributed by atoms with Gasteiger partial charge in [0, 0.05) is 20.6 Å². The number of hydrogen-bond donors (Lipinski definition) is 0. The second-order valence-corrected chi connectivity index (χ2v) is 8.27. The summed E-state index contributed by atoms with van der Waals surface area (Å²) in [6, 6.07) is 9.76. The van der Waals surface area contributed by atoms with E-state index in [0.29, 0.717) is 6.42 Å². The number of allylic oxidation sites excluding steroid dienone is 3. The van der Waals surface area contributed by atoms with Gasteiger partial charge in [-0.05, 0) is 37.5 Å². The molecule has 0 spiro atoms. The third kappa shape index (κ3) is 7.17. The van der Waals surface area contributed by atoms with Gasteiger partial charge >= 0.3 is 5.97 Å². The Kier molecular flexibility index (Phi) is 9.11. The van der Waals surface area contributed by atoms with E-state index in [4.69, 9.17) is 14.2 Å². The number of methoxy groups -OCH3 is 2. The van der Waals surface area contributed by atoms with Crippen molar-refractivity contribution in [3.8, 4) is 0 Å². The number of benzene rings is 1. The van der Waals surface area contributed by atoms with Gasteiger partial charge in [-0.25, -0.2) is 0 Å². The molecule has 1 aliphatic rings. The topological polar surface area (TPSA) is 44.8 Å². The minimum Gasteiger partial charge on any atom is -0.460 e. The number of hydrogen-bond acceptors (Lipinski definition) is 5. The molecule has 1 aromatic carbocycles. The molecule has 0 unspecified atom stereocenters. The van der Waals surface area contributed by atoms with Crippen LogP contribution >= 0.6 is 11.8 Å². The Morgan fingerprint density at radius 2 is 2.00 bits per heavy atom. The highest BCUT2D eigenvalue weighted by molar-refractivity contribution is 8.01. The van der Waals surface area contributed by atoms with Crippen LogP contribution in [0, 0.1) is 0 Å². The van der Waals surface area contributed by atoms with E-state index in [1.54, 1.807) is 26.0 Å². The molecule has 1 aliphatic carbocycles. The molecule has 0 bridgehead atoms. The van der Waals surface area contributed by atoms with Gasteiger partial charge in [0.25, 0.3) is 0 Å². The van der Waals surface area contributed by atoms with Gasteiger partial charge in [-0.1, -0.05) is 54.1 Å². The predicted molar refractivity (Wildman–Crippen MR) is 111 cm³/mol. The first-order valence-electron chi connectivity index (χ1n) is 9.36. The van der Waals surface area contributed by atoms with Gasteiger partial charge in [0.05, 0.1) is 0 Å². The summed E-state index contributed by atoms with van der Waals surface area (Å²) in [5, 5.41) is 0. The molecule has 0 saturated heterocycles. The van der Waals surface area contributed by atoms with Crippen molar-refractivity contribution in [1.82, 2.24) is 0 Å². The largest absolute Gasteiger partial charge is 0.460 e. The monoisotopic (exact) mass is 390 g/mol. The standard InChI is InChI=1S/C22H30O4S/c1-22(16-18-10-6-4-7-11-18,27-15-14-20(24-2)25-3)21(23)26-17-19-12-8-5-9-13-19/h5-6,8-10,12-13,16,20H,4,7,11,14-15,17H2,1-3H3/b18-16-/t22-/m1/s1. The quantitative estimate of drug-likeness (QED) is 0.420. The summed E-state index contributed by atoms with van der Waals surface area (Å²) in [4.78, 5) is 13.0. The highest BCUT2D eigenvalue weighted by Crippen LogP contribution is 2.33. The molecule has 0 fully saturated rings. The van der Waals surface area contributed by atoms with Gasteiger partial charge in [0.1, 0.15) is 11.4 Å². The van der Waals surface area contributed by atoms with Crippen LogP contribution in [0.3, 0.4) is 0 Å². The number of thioether (sulfide) groups is 1. The molecular formula is C22H30O4S. The Bertz CT molecular complexity index is 637. The van der Waals surface area contributed by atoms with Crippen molar-refractivity contribution in [3.63, 3.8) is 0 Å². The molecule has 2 rings (SSSR count). The van der Waals surface area contributed by atoms with E-state index in [9.17, 15) is 4.79 Å². The summed E-state index contributed by atoms with van der Waals surface area (Å²) in [7, 11) is 3.25. The van der Waals surface area contributed by atoms with Crippen LogP contribution in [-0.4, -0.2) is 37.0 Å². The van der Waals surface area contributed by atoms with E-state index >= 15 is 0 Å². The molecule has 4 nitrogen and oxygen atoms in total. The number of esters is 1. The van der Waals surface area contributed by atoms with Gasteiger partial charge in [-0.3, -0.25) is 4.79 Å². The summed E-state index contributed by atoms with van der Waals surface area (Å²) in [6.45, 7) is 2.22. The van der Waals surface area contributed by atoms with Crippen molar-refractivity contribution >= 4 is 17.7 Å².